The average molecular weight is 929 g/mol. The van der Waals surface area contributed by atoms with Gasteiger partial charge in [0.15, 0.2) is 0 Å². The molecule has 6 aromatic rings. The molecule has 0 radical (unpaired) electrons. The number of rotatable bonds is 10. The van der Waals surface area contributed by atoms with Gasteiger partial charge in [-0.15, -0.1) is 0 Å². The van der Waals surface area contributed by atoms with E-state index in [1.807, 2.05) is 27.3 Å². The molecule has 0 amide bonds. The van der Waals surface area contributed by atoms with E-state index in [4.69, 9.17) is 26.2 Å². The molecular weight excluding hydrogens is 882 g/mol. The van der Waals surface area contributed by atoms with Gasteiger partial charge in [0.05, 0.1) is 36.9 Å². The summed E-state index contributed by atoms with van der Waals surface area (Å²) in [5.41, 5.74) is 4.96. The number of carbonyl (C=O) groups is 2. The molecule has 2 aliphatic heterocycles. The second-order valence-corrected chi connectivity index (χ2v) is 19.2. The molecule has 8 rings (SSSR count). The number of aliphatic hydroxyl groups excluding tert-OH is 1. The number of hydrogen-bond acceptors (Lipinski definition) is 11. The van der Waals surface area contributed by atoms with Gasteiger partial charge in [-0.3, -0.25) is 9.59 Å². The molecule has 2 aliphatic rings. The van der Waals surface area contributed by atoms with Crippen molar-refractivity contribution in [2.75, 3.05) is 35.4 Å². The number of esters is 2. The molecule has 15 nitrogen and oxygen atoms in total. The zero-order chi connectivity index (χ0) is 45.8. The van der Waals surface area contributed by atoms with Crippen molar-refractivity contribution >= 4 is 65.7 Å². The van der Waals surface area contributed by atoms with Crippen LogP contribution in [0.2, 0.25) is 5.15 Å². The first kappa shape index (κ1) is 47.2. The van der Waals surface area contributed by atoms with Gasteiger partial charge in [0.1, 0.15) is 28.1 Å². The molecule has 0 aliphatic carbocycles. The Hall–Kier alpha value is -5.31. The van der Waals surface area contributed by atoms with Crippen molar-refractivity contribution in [3.8, 4) is 0 Å². The van der Waals surface area contributed by atoms with Crippen molar-refractivity contribution in [1.82, 2.24) is 27.7 Å². The largest absolute Gasteiger partial charge is 0.469 e. The second-order valence-electron chi connectivity index (χ2n) is 14.8. The van der Waals surface area contributed by atoms with Gasteiger partial charge in [0.2, 0.25) is 20.0 Å². The van der Waals surface area contributed by atoms with E-state index in [0.717, 1.165) is 70.3 Å². The van der Waals surface area contributed by atoms with Crippen molar-refractivity contribution in [3.63, 3.8) is 0 Å². The van der Waals surface area contributed by atoms with E-state index in [-0.39, 0.29) is 46.7 Å². The van der Waals surface area contributed by atoms with Gasteiger partial charge in [0, 0.05) is 74.7 Å². The van der Waals surface area contributed by atoms with Crippen LogP contribution in [0.3, 0.4) is 0 Å². The van der Waals surface area contributed by atoms with E-state index in [0.29, 0.717) is 49.6 Å². The standard InChI is InChI=1S/C21H21ClFN3O4S.C21H22FN3O4S.CH4O/c1-25(31(28,29)15-6-3-13(23)4-7-15)14-5-9-18-17(11-20(27)30-2)16-8-10-19(22)24-21(16)26(18)12-14;1-24(30(27,28)16-8-5-14(22)6-9-16)15-7-10-19-18(12-20(26)29-2)17-4-3-11-23-21(17)25(19)13-15;1-2/h3-4,6-8,10,14H,5,9,11-12H2,1-2H3;3-6,8-9,11,15H,7,10,12-13H2,1-2H3;2H,1H3. The molecule has 20 heteroatoms. The first-order valence-corrected chi connectivity index (χ1v) is 23.0. The van der Waals surface area contributed by atoms with Crippen LogP contribution in [0.4, 0.5) is 8.78 Å². The monoisotopic (exact) mass is 928 g/mol. The van der Waals surface area contributed by atoms with Crippen molar-refractivity contribution in [1.29, 1.82) is 0 Å². The van der Waals surface area contributed by atoms with Crippen molar-refractivity contribution in [2.45, 2.75) is 73.5 Å². The summed E-state index contributed by atoms with van der Waals surface area (Å²) in [4.78, 5) is 32.9. The number of halogens is 3. The highest BCUT2D eigenvalue weighted by Gasteiger charge is 2.35. The topological polar surface area (TPSA) is 183 Å². The maximum absolute atomic E-state index is 13.2. The van der Waals surface area contributed by atoms with Crippen LogP contribution < -0.4 is 0 Å². The Balaban J connectivity index is 0.000000202. The molecule has 2 atom stereocenters. The van der Waals surface area contributed by atoms with Crippen molar-refractivity contribution in [3.05, 3.63) is 118 Å². The third kappa shape index (κ3) is 9.63. The summed E-state index contributed by atoms with van der Waals surface area (Å²) in [6.07, 6.45) is 4.27. The Kier molecular flexibility index (Phi) is 14.7. The maximum atomic E-state index is 13.2. The highest BCUT2D eigenvalue weighted by atomic mass is 35.5. The molecule has 0 fully saturated rings. The Morgan fingerprint density at radius 1 is 0.714 bits per heavy atom. The lowest BCUT2D eigenvalue weighted by atomic mass is 10.0. The highest BCUT2D eigenvalue weighted by Crippen LogP contribution is 2.35. The van der Waals surface area contributed by atoms with Crippen LogP contribution in [-0.2, 0) is 77.9 Å². The number of methoxy groups -OCH3 is 2. The van der Waals surface area contributed by atoms with Gasteiger partial charge in [-0.2, -0.15) is 8.61 Å². The van der Waals surface area contributed by atoms with Crippen LogP contribution in [0.5, 0.6) is 0 Å². The SMILES string of the molecule is CO.COC(=O)Cc1c2n(c3nc(Cl)ccc13)CC(N(C)S(=O)(=O)c1ccc(F)cc1)CC2.COC(=O)Cc1c2n(c3ncccc13)CC(N(C)S(=O)(=O)c1ccc(F)cc1)CC2. The Labute approximate surface area is 368 Å². The number of benzene rings is 2. The first-order valence-electron chi connectivity index (χ1n) is 19.7. The van der Waals surface area contributed by atoms with Crippen LogP contribution in [0, 0.1) is 11.6 Å². The minimum absolute atomic E-state index is 0.0344. The van der Waals surface area contributed by atoms with E-state index in [9.17, 15) is 35.2 Å². The normalized spacial score (nSPS) is 16.1. The molecule has 63 heavy (non-hydrogen) atoms. The number of sulfonamides is 2. The number of likely N-dealkylation sites (N-methyl/N-ethyl adjacent to an activating group) is 2. The summed E-state index contributed by atoms with van der Waals surface area (Å²) in [5, 5.41) is 8.99. The molecular formula is C43H47ClF2N6O9S2. The fourth-order valence-electron chi connectivity index (χ4n) is 8.14. The van der Waals surface area contributed by atoms with Crippen LogP contribution in [-0.4, -0.2) is 109 Å². The Morgan fingerprint density at radius 2 is 1.14 bits per heavy atom. The fourth-order valence-corrected chi connectivity index (χ4v) is 11.0. The highest BCUT2D eigenvalue weighted by molar-refractivity contribution is 7.89. The summed E-state index contributed by atoms with van der Waals surface area (Å²) in [5.74, 6) is -1.67. The number of ether oxygens (including phenoxy) is 2. The minimum atomic E-state index is -3.80. The lowest BCUT2D eigenvalue weighted by Gasteiger charge is -2.32. The molecule has 0 saturated heterocycles. The number of fused-ring (bicyclic) bond motifs is 6. The van der Waals surface area contributed by atoms with Gasteiger partial charge in [0.25, 0.3) is 0 Å². The Morgan fingerprint density at radius 3 is 1.59 bits per heavy atom. The maximum Gasteiger partial charge on any atom is 0.310 e. The Bertz CT molecular complexity index is 2860. The number of pyridine rings is 2. The smallest absolute Gasteiger partial charge is 0.310 e. The zero-order valence-corrected chi connectivity index (χ0v) is 37.6. The molecule has 336 valence electrons. The van der Waals surface area contributed by atoms with E-state index in [1.165, 1.54) is 54.1 Å². The zero-order valence-electron chi connectivity index (χ0n) is 35.2. The van der Waals surface area contributed by atoms with Gasteiger partial charge in [-0.25, -0.2) is 35.6 Å². The molecule has 0 bridgehead atoms. The minimum Gasteiger partial charge on any atom is -0.469 e. The summed E-state index contributed by atoms with van der Waals surface area (Å²) < 4.78 is 94.9. The second kappa shape index (κ2) is 19.6. The molecule has 2 aromatic carbocycles. The molecule has 4 aromatic heterocycles. The lowest BCUT2D eigenvalue weighted by Crippen LogP contribution is -2.42. The third-order valence-electron chi connectivity index (χ3n) is 11.5. The van der Waals surface area contributed by atoms with Gasteiger partial charge in [-0.1, -0.05) is 11.6 Å². The fraction of sp³-hybridized carbons (Fsp3) is 0.349. The molecule has 0 spiro atoms. The molecule has 0 saturated carbocycles. The predicted octanol–water partition coefficient (Wildman–Crippen LogP) is 5.31. The van der Waals surface area contributed by atoms with E-state index in [2.05, 4.69) is 9.97 Å². The van der Waals surface area contributed by atoms with Crippen LogP contribution in [0.1, 0.15) is 35.4 Å². The summed E-state index contributed by atoms with van der Waals surface area (Å²) in [6.45, 7) is 0.776. The quantitative estimate of drug-likeness (QED) is 0.139. The molecule has 6 heterocycles. The number of carbonyl (C=O) groups excluding carboxylic acids is 2. The molecule has 1 N–H and O–H groups in total. The summed E-state index contributed by atoms with van der Waals surface area (Å²) >= 11 is 6.11. The van der Waals surface area contributed by atoms with Crippen LogP contribution in [0.25, 0.3) is 22.1 Å². The van der Waals surface area contributed by atoms with Crippen molar-refractivity contribution in [2.24, 2.45) is 0 Å². The summed E-state index contributed by atoms with van der Waals surface area (Å²) in [6, 6.07) is 16.2. The van der Waals surface area contributed by atoms with Crippen molar-refractivity contribution < 1.29 is 49.8 Å². The van der Waals surface area contributed by atoms with Gasteiger partial charge in [-0.05, 0) is 110 Å². The third-order valence-corrected chi connectivity index (χ3v) is 15.5. The van der Waals surface area contributed by atoms with Gasteiger partial charge >= 0.3 is 11.9 Å². The number of hydrogen-bond donors (Lipinski definition) is 1. The first-order chi connectivity index (χ1) is 30.0. The van der Waals surface area contributed by atoms with Gasteiger partial charge < -0.3 is 23.7 Å². The van der Waals surface area contributed by atoms with Crippen LogP contribution >= 0.6 is 11.6 Å². The van der Waals surface area contributed by atoms with Crippen LogP contribution in [0.15, 0.2) is 88.8 Å². The number of nitrogens with zero attached hydrogens (tertiary/aromatic N) is 6. The summed E-state index contributed by atoms with van der Waals surface area (Å²) in [7, 11) is -0.805. The predicted molar refractivity (Wildman–Crippen MR) is 231 cm³/mol. The molecule has 2 unspecified atom stereocenters. The van der Waals surface area contributed by atoms with E-state index < -0.39 is 31.7 Å². The number of aromatic nitrogens is 4. The average Bonchev–Trinajstić information content (AvgIpc) is 3.76. The number of aliphatic hydroxyl groups is 1. The van der Waals surface area contributed by atoms with E-state index in [1.54, 1.807) is 19.3 Å². The lowest BCUT2D eigenvalue weighted by molar-refractivity contribution is -0.140. The van der Waals surface area contributed by atoms with E-state index >= 15 is 0 Å².